The molecule has 0 fully saturated rings. The van der Waals surface area contributed by atoms with E-state index in [9.17, 15) is 9.59 Å². The first-order valence-electron chi connectivity index (χ1n) is 11.7. The Morgan fingerprint density at radius 3 is 2.29 bits per heavy atom. The van der Waals surface area contributed by atoms with Gasteiger partial charge in [-0.05, 0) is 57.0 Å². The summed E-state index contributed by atoms with van der Waals surface area (Å²) in [6.07, 6.45) is 2.07. The molecule has 2 N–H and O–H groups in total. The van der Waals surface area contributed by atoms with Gasteiger partial charge in [-0.15, -0.1) is 11.8 Å². The van der Waals surface area contributed by atoms with Gasteiger partial charge in [0.1, 0.15) is 0 Å². The van der Waals surface area contributed by atoms with Gasteiger partial charge in [0, 0.05) is 46.3 Å². The number of para-hydroxylation sites is 1. The number of amides is 2. The summed E-state index contributed by atoms with van der Waals surface area (Å²) < 4.78 is 2.14. The van der Waals surface area contributed by atoms with Crippen molar-refractivity contribution in [2.24, 2.45) is 0 Å². The Hall–Kier alpha value is -3.51. The number of anilines is 1. The highest BCUT2D eigenvalue weighted by Crippen LogP contribution is 2.30. The molecule has 5 nitrogen and oxygen atoms in total. The summed E-state index contributed by atoms with van der Waals surface area (Å²) >= 11 is 1.53. The third kappa shape index (κ3) is 5.95. The van der Waals surface area contributed by atoms with Gasteiger partial charge in [-0.1, -0.05) is 53.6 Å². The highest BCUT2D eigenvalue weighted by molar-refractivity contribution is 8.00. The lowest BCUT2D eigenvalue weighted by Crippen LogP contribution is -2.27. The van der Waals surface area contributed by atoms with Crippen LogP contribution in [0, 0.1) is 27.7 Å². The third-order valence-corrected chi connectivity index (χ3v) is 7.05. The summed E-state index contributed by atoms with van der Waals surface area (Å²) in [5.41, 5.74) is 7.11. The minimum absolute atomic E-state index is 0.0211. The first-order chi connectivity index (χ1) is 16.8. The Balaban J connectivity index is 1.40. The molecule has 4 rings (SSSR count). The first-order valence-corrected chi connectivity index (χ1v) is 12.7. The van der Waals surface area contributed by atoms with Crippen molar-refractivity contribution in [3.8, 4) is 0 Å². The van der Waals surface area contributed by atoms with Gasteiger partial charge < -0.3 is 15.2 Å². The van der Waals surface area contributed by atoms with E-state index in [2.05, 4.69) is 52.6 Å². The van der Waals surface area contributed by atoms with Crippen molar-refractivity contribution in [3.63, 3.8) is 0 Å². The predicted octanol–water partition coefficient (Wildman–Crippen LogP) is 6.04. The fourth-order valence-electron chi connectivity index (χ4n) is 4.31. The quantitative estimate of drug-likeness (QED) is 0.299. The van der Waals surface area contributed by atoms with Crippen LogP contribution in [0.3, 0.4) is 0 Å². The molecule has 0 atom stereocenters. The number of carbonyl (C=O) groups is 2. The molecule has 1 heterocycles. The van der Waals surface area contributed by atoms with Crippen LogP contribution in [0.4, 0.5) is 5.69 Å². The number of hydrogen-bond donors (Lipinski definition) is 2. The van der Waals surface area contributed by atoms with Crippen LogP contribution >= 0.6 is 11.8 Å². The second kappa shape index (κ2) is 10.8. The lowest BCUT2D eigenvalue weighted by atomic mass is 10.1. The number of carbonyl (C=O) groups excluding carboxylic acids is 2. The number of nitrogens with one attached hydrogen (secondary N) is 2. The SMILES string of the molecule is Cc1ccc(C(=O)NCCn2cc(SCC(=O)Nc3c(C)cc(C)cc3C)c3ccccc32)cc1. The normalized spacial score (nSPS) is 11.0. The number of nitrogens with zero attached hydrogens (tertiary/aromatic N) is 1. The summed E-state index contributed by atoms with van der Waals surface area (Å²) in [6.45, 7) is 9.27. The Morgan fingerprint density at radius 1 is 0.886 bits per heavy atom. The van der Waals surface area contributed by atoms with Crippen molar-refractivity contribution in [1.29, 1.82) is 0 Å². The molecule has 0 spiro atoms. The van der Waals surface area contributed by atoms with E-state index in [1.807, 2.05) is 57.2 Å². The van der Waals surface area contributed by atoms with E-state index in [1.165, 1.54) is 17.3 Å². The van der Waals surface area contributed by atoms with Gasteiger partial charge in [-0.2, -0.15) is 0 Å². The van der Waals surface area contributed by atoms with Gasteiger partial charge >= 0.3 is 0 Å². The molecule has 1 aromatic heterocycles. The van der Waals surface area contributed by atoms with E-state index in [-0.39, 0.29) is 11.8 Å². The van der Waals surface area contributed by atoms with Crippen LogP contribution in [-0.2, 0) is 11.3 Å². The Bertz CT molecular complexity index is 1350. The van der Waals surface area contributed by atoms with Gasteiger partial charge in [0.2, 0.25) is 5.91 Å². The second-order valence-electron chi connectivity index (χ2n) is 8.94. The number of aromatic nitrogens is 1. The number of fused-ring (bicyclic) bond motifs is 1. The maximum absolute atomic E-state index is 12.7. The van der Waals surface area contributed by atoms with Crippen molar-refractivity contribution >= 4 is 40.2 Å². The van der Waals surface area contributed by atoms with Crippen molar-refractivity contribution < 1.29 is 9.59 Å². The third-order valence-electron chi connectivity index (χ3n) is 6.00. The minimum atomic E-state index is -0.0746. The lowest BCUT2D eigenvalue weighted by Gasteiger charge is -2.12. The molecule has 35 heavy (non-hydrogen) atoms. The second-order valence-corrected chi connectivity index (χ2v) is 9.95. The predicted molar refractivity (Wildman–Crippen MR) is 145 cm³/mol. The largest absolute Gasteiger partial charge is 0.350 e. The van der Waals surface area contributed by atoms with Gasteiger partial charge in [-0.3, -0.25) is 9.59 Å². The van der Waals surface area contributed by atoms with Crippen LogP contribution in [0.5, 0.6) is 0 Å². The molecule has 0 aliphatic carbocycles. The fraction of sp³-hybridized carbons (Fsp3) is 0.241. The Kier molecular flexibility index (Phi) is 7.61. The summed E-state index contributed by atoms with van der Waals surface area (Å²) in [5, 5.41) is 7.19. The van der Waals surface area contributed by atoms with Crippen molar-refractivity contribution in [2.45, 2.75) is 39.1 Å². The molecular formula is C29H31N3O2S. The van der Waals surface area contributed by atoms with E-state index < -0.39 is 0 Å². The van der Waals surface area contributed by atoms with E-state index in [4.69, 9.17) is 0 Å². The van der Waals surface area contributed by atoms with E-state index in [0.717, 1.165) is 38.2 Å². The molecule has 0 saturated heterocycles. The molecule has 2 amide bonds. The number of rotatable bonds is 8. The molecule has 4 aromatic rings. The smallest absolute Gasteiger partial charge is 0.251 e. The number of aryl methyl sites for hydroxylation is 4. The van der Waals surface area contributed by atoms with Crippen LogP contribution in [0.1, 0.15) is 32.6 Å². The number of thioether (sulfide) groups is 1. The molecular weight excluding hydrogens is 454 g/mol. The van der Waals surface area contributed by atoms with Gasteiger partial charge in [0.25, 0.3) is 5.91 Å². The topological polar surface area (TPSA) is 63.1 Å². The monoisotopic (exact) mass is 485 g/mol. The van der Waals surface area contributed by atoms with Crippen LogP contribution in [0.25, 0.3) is 10.9 Å². The average Bonchev–Trinajstić information content (AvgIpc) is 3.18. The molecule has 180 valence electrons. The van der Waals surface area contributed by atoms with Crippen LogP contribution < -0.4 is 10.6 Å². The number of hydrogen-bond acceptors (Lipinski definition) is 3. The zero-order chi connectivity index (χ0) is 24.9. The summed E-state index contributed by atoms with van der Waals surface area (Å²) in [7, 11) is 0. The van der Waals surface area contributed by atoms with Crippen molar-refractivity contribution in [3.05, 3.63) is 94.7 Å². The summed E-state index contributed by atoms with van der Waals surface area (Å²) in [4.78, 5) is 26.2. The minimum Gasteiger partial charge on any atom is -0.350 e. The zero-order valence-corrected chi connectivity index (χ0v) is 21.5. The molecule has 0 unspecified atom stereocenters. The summed E-state index contributed by atoms with van der Waals surface area (Å²) in [5.74, 6) is 0.229. The van der Waals surface area contributed by atoms with Crippen LogP contribution in [-0.4, -0.2) is 28.7 Å². The Morgan fingerprint density at radius 2 is 1.57 bits per heavy atom. The molecule has 0 radical (unpaired) electrons. The van der Waals surface area contributed by atoms with Crippen molar-refractivity contribution in [1.82, 2.24) is 9.88 Å². The molecule has 0 saturated carbocycles. The highest BCUT2D eigenvalue weighted by Gasteiger charge is 2.13. The first kappa shape index (κ1) is 24.6. The van der Waals surface area contributed by atoms with Crippen LogP contribution in [0.15, 0.2) is 71.8 Å². The van der Waals surface area contributed by atoms with Gasteiger partial charge in [0.15, 0.2) is 0 Å². The van der Waals surface area contributed by atoms with E-state index >= 15 is 0 Å². The van der Waals surface area contributed by atoms with Crippen LogP contribution in [0.2, 0.25) is 0 Å². The highest BCUT2D eigenvalue weighted by atomic mass is 32.2. The standard InChI is InChI=1S/C29H31N3O2S/c1-19-9-11-23(12-10-19)29(34)30-13-14-32-17-26(24-7-5-6-8-25(24)32)35-18-27(33)31-28-21(3)15-20(2)16-22(28)4/h5-12,15-17H,13-14,18H2,1-4H3,(H,30,34)(H,31,33). The Labute approximate surface area is 210 Å². The molecule has 0 aliphatic rings. The van der Waals surface area contributed by atoms with Gasteiger partial charge in [0.05, 0.1) is 5.75 Å². The van der Waals surface area contributed by atoms with E-state index in [0.29, 0.717) is 24.4 Å². The average molecular weight is 486 g/mol. The molecule has 0 aliphatic heterocycles. The zero-order valence-electron chi connectivity index (χ0n) is 20.6. The molecule has 6 heteroatoms. The van der Waals surface area contributed by atoms with E-state index in [1.54, 1.807) is 0 Å². The van der Waals surface area contributed by atoms with Crippen molar-refractivity contribution in [2.75, 3.05) is 17.6 Å². The summed E-state index contributed by atoms with van der Waals surface area (Å²) in [6, 6.07) is 19.9. The lowest BCUT2D eigenvalue weighted by molar-refractivity contribution is -0.113. The molecule has 0 bridgehead atoms. The van der Waals surface area contributed by atoms with Gasteiger partial charge in [-0.25, -0.2) is 0 Å². The number of benzene rings is 3. The maximum atomic E-state index is 12.7. The maximum Gasteiger partial charge on any atom is 0.251 e. The fourth-order valence-corrected chi connectivity index (χ4v) is 5.19. The molecule has 3 aromatic carbocycles.